The predicted octanol–water partition coefficient (Wildman–Crippen LogP) is 7.17. The second-order valence-corrected chi connectivity index (χ2v) is 10.9. The summed E-state index contributed by atoms with van der Waals surface area (Å²) in [7, 11) is 3.40. The number of nitrogens with zero attached hydrogens (tertiary/aromatic N) is 3. The fourth-order valence-corrected chi connectivity index (χ4v) is 5.36. The highest BCUT2D eigenvalue weighted by atomic mass is 19.4. The van der Waals surface area contributed by atoms with E-state index in [0.29, 0.717) is 17.6 Å². The van der Waals surface area contributed by atoms with Gasteiger partial charge in [-0.15, -0.1) is 13.2 Å². The molecule has 4 rings (SSSR count). The molecule has 0 radical (unpaired) electrons. The molecule has 198 valence electrons. The lowest BCUT2D eigenvalue weighted by atomic mass is 9.70. The average Bonchev–Trinajstić information content (AvgIpc) is 3.13. The Labute approximate surface area is 215 Å². The number of likely N-dealkylation sites (N-methyl/N-ethyl adjacent to an activating group) is 1. The Kier molecular flexibility index (Phi) is 7.26. The highest BCUT2D eigenvalue weighted by Gasteiger charge is 2.35. The fourth-order valence-electron chi connectivity index (χ4n) is 5.36. The van der Waals surface area contributed by atoms with Crippen molar-refractivity contribution in [2.45, 2.75) is 52.4 Å². The van der Waals surface area contributed by atoms with E-state index in [0.717, 1.165) is 35.9 Å². The number of alkyl halides is 3. The predicted molar refractivity (Wildman–Crippen MR) is 140 cm³/mol. The number of benzene rings is 2. The first-order valence-corrected chi connectivity index (χ1v) is 12.3. The van der Waals surface area contributed by atoms with Crippen LogP contribution in [0.2, 0.25) is 0 Å². The number of hydrogen-bond acceptors (Lipinski definition) is 4. The van der Waals surface area contributed by atoms with Crippen LogP contribution in [-0.4, -0.2) is 40.8 Å². The van der Waals surface area contributed by atoms with Crippen molar-refractivity contribution in [1.82, 2.24) is 14.5 Å². The van der Waals surface area contributed by atoms with Crippen molar-refractivity contribution < 1.29 is 22.7 Å². The number of hydrogen-bond donors (Lipinski definition) is 1. The summed E-state index contributed by atoms with van der Waals surface area (Å²) in [6.45, 7) is 6.84. The zero-order valence-corrected chi connectivity index (χ0v) is 21.8. The van der Waals surface area contributed by atoms with E-state index in [4.69, 9.17) is 4.98 Å². The van der Waals surface area contributed by atoms with Crippen LogP contribution in [0.15, 0.2) is 48.5 Å². The number of fused-ring (bicyclic) bond motifs is 1. The molecule has 2 atom stereocenters. The van der Waals surface area contributed by atoms with Crippen molar-refractivity contribution in [3.63, 3.8) is 0 Å². The Hall–Kier alpha value is -3.49. The molecule has 1 amide bonds. The number of carbonyl (C=O) groups is 1. The second kappa shape index (κ2) is 10.1. The van der Waals surface area contributed by atoms with Crippen molar-refractivity contribution in [3.8, 4) is 5.75 Å². The van der Waals surface area contributed by atoms with Gasteiger partial charge in [-0.1, -0.05) is 26.8 Å². The molecule has 1 N–H and O–H groups in total. The van der Waals surface area contributed by atoms with Crippen LogP contribution in [0.1, 0.15) is 51.6 Å². The molecule has 37 heavy (non-hydrogen) atoms. The maximum atomic E-state index is 12.6. The zero-order valence-electron chi connectivity index (χ0n) is 21.8. The van der Waals surface area contributed by atoms with Gasteiger partial charge in [0.2, 0.25) is 11.9 Å². The van der Waals surface area contributed by atoms with Gasteiger partial charge in [-0.3, -0.25) is 4.79 Å². The molecule has 0 bridgehead atoms. The van der Waals surface area contributed by atoms with Crippen LogP contribution in [0.5, 0.6) is 5.75 Å². The summed E-state index contributed by atoms with van der Waals surface area (Å²) in [6.07, 6.45) is 1.67. The molecule has 1 saturated carbocycles. The molecule has 2 aromatic carbocycles. The molecule has 1 fully saturated rings. The largest absolute Gasteiger partial charge is 0.573 e. The third kappa shape index (κ3) is 6.64. The minimum atomic E-state index is -4.74. The van der Waals surface area contributed by atoms with Crippen LogP contribution in [0.4, 0.5) is 24.8 Å². The van der Waals surface area contributed by atoms with Gasteiger partial charge < -0.3 is 19.5 Å². The molecule has 6 nitrogen and oxygen atoms in total. The summed E-state index contributed by atoms with van der Waals surface area (Å²) in [5.74, 6) is 0.777. The van der Waals surface area contributed by atoms with Gasteiger partial charge in [-0.25, -0.2) is 4.98 Å². The first-order valence-electron chi connectivity index (χ1n) is 12.3. The van der Waals surface area contributed by atoms with Crippen molar-refractivity contribution in [2.75, 3.05) is 19.4 Å². The Morgan fingerprint density at radius 2 is 1.86 bits per heavy atom. The normalized spacial score (nSPS) is 19.8. The van der Waals surface area contributed by atoms with Crippen LogP contribution < -0.4 is 10.1 Å². The van der Waals surface area contributed by atoms with E-state index in [1.165, 1.54) is 23.1 Å². The summed E-state index contributed by atoms with van der Waals surface area (Å²) < 4.78 is 43.9. The van der Waals surface area contributed by atoms with Crippen molar-refractivity contribution >= 4 is 34.7 Å². The minimum Gasteiger partial charge on any atom is -0.406 e. The maximum absolute atomic E-state index is 12.6. The van der Waals surface area contributed by atoms with Crippen molar-refractivity contribution in [1.29, 1.82) is 0 Å². The Morgan fingerprint density at radius 3 is 2.49 bits per heavy atom. The van der Waals surface area contributed by atoms with E-state index in [9.17, 15) is 18.0 Å². The summed E-state index contributed by atoms with van der Waals surface area (Å²) >= 11 is 0. The zero-order chi connectivity index (χ0) is 27.0. The summed E-state index contributed by atoms with van der Waals surface area (Å²) in [6, 6.07) is 11.8. The average molecular weight is 515 g/mol. The number of halogens is 3. The molecule has 0 saturated heterocycles. The van der Waals surface area contributed by atoms with Crippen LogP contribution in [0.25, 0.3) is 17.1 Å². The molecule has 1 aliphatic rings. The van der Waals surface area contributed by atoms with Crippen LogP contribution in [-0.2, 0) is 4.79 Å². The number of ether oxygens (including phenoxy) is 1. The van der Waals surface area contributed by atoms with Gasteiger partial charge in [-0.2, -0.15) is 0 Å². The first kappa shape index (κ1) is 26.6. The van der Waals surface area contributed by atoms with Gasteiger partial charge in [0.25, 0.3) is 0 Å². The molecule has 0 unspecified atom stereocenters. The summed E-state index contributed by atoms with van der Waals surface area (Å²) in [5, 5.41) is 3.31. The van der Waals surface area contributed by atoms with E-state index in [-0.39, 0.29) is 23.1 Å². The Morgan fingerprint density at radius 1 is 1.16 bits per heavy atom. The topological polar surface area (TPSA) is 59.4 Å². The van der Waals surface area contributed by atoms with Gasteiger partial charge in [0.15, 0.2) is 0 Å². The summed E-state index contributed by atoms with van der Waals surface area (Å²) in [5.41, 5.74) is 3.36. The lowest BCUT2D eigenvalue weighted by Gasteiger charge is -2.40. The molecule has 0 spiro atoms. The molecule has 1 aromatic heterocycles. The third-order valence-corrected chi connectivity index (χ3v) is 6.65. The molecule has 1 heterocycles. The number of amides is 1. The first-order chi connectivity index (χ1) is 17.3. The van der Waals surface area contributed by atoms with Crippen LogP contribution >= 0.6 is 0 Å². The maximum Gasteiger partial charge on any atom is 0.573 e. The lowest BCUT2D eigenvalue weighted by molar-refractivity contribution is -0.274. The number of nitrogens with one attached hydrogen (secondary N) is 1. The number of imidazole rings is 1. The Balaban J connectivity index is 1.71. The number of carbonyl (C=O) groups excluding carboxylic acids is 1. The van der Waals surface area contributed by atoms with Crippen molar-refractivity contribution in [3.05, 3.63) is 54.1 Å². The van der Waals surface area contributed by atoms with E-state index in [2.05, 4.69) is 35.4 Å². The summed E-state index contributed by atoms with van der Waals surface area (Å²) in [4.78, 5) is 18.4. The van der Waals surface area contributed by atoms with Gasteiger partial charge in [0.05, 0.1) is 11.0 Å². The molecular weight excluding hydrogens is 481 g/mol. The minimum absolute atomic E-state index is 0.107. The van der Waals surface area contributed by atoms with E-state index >= 15 is 0 Å². The van der Waals surface area contributed by atoms with Crippen LogP contribution in [0, 0.1) is 11.3 Å². The highest BCUT2D eigenvalue weighted by Crippen LogP contribution is 2.46. The smallest absolute Gasteiger partial charge is 0.406 e. The van der Waals surface area contributed by atoms with Gasteiger partial charge in [0.1, 0.15) is 5.75 Å². The SMILES string of the molecule is C[C@@H]1C[C@H](n2c(Nc3ccc(OC(F)(F)F)cc3)nc3cc(C=CC(=O)N(C)C)ccc32)CC(C)(C)C1. The van der Waals surface area contributed by atoms with E-state index in [1.807, 2.05) is 18.2 Å². The molecule has 9 heteroatoms. The number of aromatic nitrogens is 2. The van der Waals surface area contributed by atoms with Crippen molar-refractivity contribution in [2.24, 2.45) is 11.3 Å². The second-order valence-electron chi connectivity index (χ2n) is 10.9. The standard InChI is InChI=1S/C28H33F3N4O2/c1-18-14-21(17-27(2,3)16-18)35-24-12-6-19(7-13-25(36)34(4)5)15-23(24)33-26(35)32-20-8-10-22(11-9-20)37-28(29,30)31/h6-13,15,18,21H,14,16-17H2,1-5H3,(H,32,33)/t18-,21+/m1/s1. The third-order valence-electron chi connectivity index (χ3n) is 6.65. The molecule has 0 aliphatic heterocycles. The van der Waals surface area contributed by atoms with Crippen LogP contribution in [0.3, 0.4) is 0 Å². The Bertz CT molecular complexity index is 1290. The number of rotatable bonds is 6. The monoisotopic (exact) mass is 514 g/mol. The molecule has 1 aliphatic carbocycles. The highest BCUT2D eigenvalue weighted by molar-refractivity contribution is 5.92. The van der Waals surface area contributed by atoms with E-state index in [1.54, 1.807) is 32.3 Å². The molecular formula is C28H33F3N4O2. The van der Waals surface area contributed by atoms with Gasteiger partial charge in [-0.05, 0) is 78.6 Å². The number of anilines is 2. The van der Waals surface area contributed by atoms with E-state index < -0.39 is 6.36 Å². The van der Waals surface area contributed by atoms with Gasteiger partial charge >= 0.3 is 6.36 Å². The lowest BCUT2D eigenvalue weighted by Crippen LogP contribution is -2.29. The quantitative estimate of drug-likeness (QED) is 0.355. The fraction of sp³-hybridized carbons (Fsp3) is 0.429. The molecule has 3 aromatic rings. The van der Waals surface area contributed by atoms with Gasteiger partial charge in [0, 0.05) is 31.9 Å².